The van der Waals surface area contributed by atoms with Gasteiger partial charge in [0.1, 0.15) is 11.6 Å². The van der Waals surface area contributed by atoms with Crippen molar-refractivity contribution in [1.29, 1.82) is 0 Å². The normalized spacial score (nSPS) is 16.3. The van der Waals surface area contributed by atoms with Crippen LogP contribution in [0.4, 0.5) is 15.8 Å². The van der Waals surface area contributed by atoms with Crippen molar-refractivity contribution < 1.29 is 18.7 Å². The molecule has 0 bridgehead atoms. The molecule has 2 amide bonds. The number of fused-ring (bicyclic) bond motifs is 1. The van der Waals surface area contributed by atoms with Crippen molar-refractivity contribution in [3.63, 3.8) is 0 Å². The second kappa shape index (κ2) is 6.70. The van der Waals surface area contributed by atoms with Crippen LogP contribution in [0.25, 0.3) is 0 Å². The number of nitrogens with one attached hydrogen (secondary N) is 1. The van der Waals surface area contributed by atoms with Crippen LogP contribution in [0.1, 0.15) is 13.3 Å². The molecule has 1 aliphatic heterocycles. The molecule has 6 heteroatoms. The van der Waals surface area contributed by atoms with Crippen molar-refractivity contribution in [1.82, 2.24) is 0 Å². The van der Waals surface area contributed by atoms with Crippen LogP contribution in [0.15, 0.2) is 48.5 Å². The highest BCUT2D eigenvalue weighted by Crippen LogP contribution is 2.33. The standard InChI is InChI=1S/C18H17FN2O3/c1-12-18(23)21(15-7-2-3-8-16(15)24-12)10-9-17(22)20-14-6-4-5-13(19)11-14/h2-8,11-12H,9-10H2,1H3,(H,20,22)/t12-/m0/s1. The molecule has 124 valence electrons. The first-order chi connectivity index (χ1) is 11.5. The molecule has 5 nitrogen and oxygen atoms in total. The van der Waals surface area contributed by atoms with Crippen molar-refractivity contribution in [2.24, 2.45) is 0 Å². The predicted molar refractivity (Wildman–Crippen MR) is 88.5 cm³/mol. The Balaban J connectivity index is 1.67. The van der Waals surface area contributed by atoms with Crippen LogP contribution >= 0.6 is 0 Å². The van der Waals surface area contributed by atoms with Crippen molar-refractivity contribution in [3.8, 4) is 5.75 Å². The summed E-state index contributed by atoms with van der Waals surface area (Å²) >= 11 is 0. The molecule has 0 aromatic heterocycles. The minimum absolute atomic E-state index is 0.101. The summed E-state index contributed by atoms with van der Waals surface area (Å²) in [4.78, 5) is 25.9. The first-order valence-corrected chi connectivity index (χ1v) is 7.67. The zero-order valence-electron chi connectivity index (χ0n) is 13.2. The molecule has 3 rings (SSSR count). The fourth-order valence-electron chi connectivity index (χ4n) is 2.59. The minimum Gasteiger partial charge on any atom is -0.479 e. The average Bonchev–Trinajstić information content (AvgIpc) is 2.55. The molecule has 0 aliphatic carbocycles. The number of hydrogen-bond donors (Lipinski definition) is 1. The van der Waals surface area contributed by atoms with Gasteiger partial charge >= 0.3 is 0 Å². The van der Waals surface area contributed by atoms with Crippen LogP contribution < -0.4 is 15.0 Å². The highest BCUT2D eigenvalue weighted by molar-refractivity contribution is 6.00. The van der Waals surface area contributed by atoms with E-state index in [0.29, 0.717) is 17.1 Å². The Hall–Kier alpha value is -2.89. The van der Waals surface area contributed by atoms with E-state index in [1.54, 1.807) is 30.0 Å². The minimum atomic E-state index is -0.591. The van der Waals surface area contributed by atoms with Crippen LogP contribution in [0, 0.1) is 5.82 Å². The number of nitrogens with zero attached hydrogens (tertiary/aromatic N) is 1. The van der Waals surface area contributed by atoms with E-state index >= 15 is 0 Å². The second-order valence-corrected chi connectivity index (χ2v) is 5.53. The molecule has 0 fully saturated rings. The third kappa shape index (κ3) is 3.37. The fourth-order valence-corrected chi connectivity index (χ4v) is 2.59. The first kappa shape index (κ1) is 16.0. The molecule has 0 saturated carbocycles. The molecule has 1 N–H and O–H groups in total. The second-order valence-electron chi connectivity index (χ2n) is 5.53. The molecule has 0 saturated heterocycles. The highest BCUT2D eigenvalue weighted by atomic mass is 19.1. The summed E-state index contributed by atoms with van der Waals surface area (Å²) in [5.41, 5.74) is 1.04. The van der Waals surface area contributed by atoms with Gasteiger partial charge in [-0.25, -0.2) is 4.39 Å². The van der Waals surface area contributed by atoms with E-state index in [4.69, 9.17) is 4.74 Å². The number of anilines is 2. The lowest BCUT2D eigenvalue weighted by molar-refractivity contribution is -0.125. The van der Waals surface area contributed by atoms with Gasteiger partial charge in [0.05, 0.1) is 5.69 Å². The van der Waals surface area contributed by atoms with Gasteiger partial charge in [0.2, 0.25) is 5.91 Å². The number of carbonyl (C=O) groups excluding carboxylic acids is 2. The molecule has 1 atom stereocenters. The number of amides is 2. The molecule has 0 radical (unpaired) electrons. The SMILES string of the molecule is C[C@@H]1Oc2ccccc2N(CCC(=O)Nc2cccc(F)c2)C1=O. The third-order valence-corrected chi connectivity index (χ3v) is 3.74. The van der Waals surface area contributed by atoms with Gasteiger partial charge in [-0.3, -0.25) is 9.59 Å². The highest BCUT2D eigenvalue weighted by Gasteiger charge is 2.31. The monoisotopic (exact) mass is 328 g/mol. The number of hydrogen-bond acceptors (Lipinski definition) is 3. The summed E-state index contributed by atoms with van der Waals surface area (Å²) in [6.07, 6.45) is -0.491. The largest absolute Gasteiger partial charge is 0.479 e. The van der Waals surface area contributed by atoms with Crippen LogP contribution in [0.3, 0.4) is 0 Å². The van der Waals surface area contributed by atoms with Gasteiger partial charge in [0, 0.05) is 18.7 Å². The molecular weight excluding hydrogens is 311 g/mol. The zero-order valence-corrected chi connectivity index (χ0v) is 13.2. The summed E-state index contributed by atoms with van der Waals surface area (Å²) in [7, 11) is 0. The van der Waals surface area contributed by atoms with E-state index in [2.05, 4.69) is 5.32 Å². The van der Waals surface area contributed by atoms with Gasteiger partial charge in [-0.1, -0.05) is 18.2 Å². The van der Waals surface area contributed by atoms with Gasteiger partial charge in [-0.05, 0) is 37.3 Å². The van der Waals surface area contributed by atoms with E-state index in [9.17, 15) is 14.0 Å². The Morgan fingerprint density at radius 2 is 2.04 bits per heavy atom. The molecule has 2 aromatic rings. The lowest BCUT2D eigenvalue weighted by Gasteiger charge is -2.32. The number of halogens is 1. The number of rotatable bonds is 4. The van der Waals surface area contributed by atoms with Crippen molar-refractivity contribution in [3.05, 3.63) is 54.3 Å². The molecule has 2 aromatic carbocycles. The molecular formula is C18H17FN2O3. The maximum atomic E-state index is 13.1. The first-order valence-electron chi connectivity index (χ1n) is 7.67. The maximum absolute atomic E-state index is 13.1. The Bertz CT molecular complexity index is 778. The predicted octanol–water partition coefficient (Wildman–Crippen LogP) is 2.97. The Morgan fingerprint density at radius 1 is 1.25 bits per heavy atom. The van der Waals surface area contributed by atoms with E-state index in [1.807, 2.05) is 12.1 Å². The van der Waals surface area contributed by atoms with Crippen molar-refractivity contribution >= 4 is 23.2 Å². The van der Waals surface area contributed by atoms with Gasteiger partial charge in [0.25, 0.3) is 5.91 Å². The Kier molecular flexibility index (Phi) is 4.46. The summed E-state index contributed by atoms with van der Waals surface area (Å²) in [5, 5.41) is 2.62. The molecule has 1 heterocycles. The third-order valence-electron chi connectivity index (χ3n) is 3.74. The molecule has 1 aliphatic rings. The average molecular weight is 328 g/mol. The number of ether oxygens (including phenoxy) is 1. The van der Waals surface area contributed by atoms with Crippen LogP contribution in [-0.4, -0.2) is 24.5 Å². The summed E-state index contributed by atoms with van der Waals surface area (Å²) in [6, 6.07) is 12.9. The Labute approximate surface area is 139 Å². The van der Waals surface area contributed by atoms with Crippen LogP contribution in [0.5, 0.6) is 5.75 Å². The smallest absolute Gasteiger partial charge is 0.267 e. The lowest BCUT2D eigenvalue weighted by atomic mass is 10.1. The van der Waals surface area contributed by atoms with Gasteiger partial charge in [-0.2, -0.15) is 0 Å². The van der Waals surface area contributed by atoms with Crippen LogP contribution in [0.2, 0.25) is 0 Å². The quantitative estimate of drug-likeness (QED) is 0.939. The van der Waals surface area contributed by atoms with Gasteiger partial charge in [-0.15, -0.1) is 0 Å². The number of carbonyl (C=O) groups is 2. The van der Waals surface area contributed by atoms with E-state index in [-0.39, 0.29) is 24.8 Å². The molecule has 0 spiro atoms. The van der Waals surface area contributed by atoms with E-state index < -0.39 is 11.9 Å². The lowest BCUT2D eigenvalue weighted by Crippen LogP contribution is -2.45. The topological polar surface area (TPSA) is 58.6 Å². The number of benzene rings is 2. The Morgan fingerprint density at radius 3 is 2.83 bits per heavy atom. The molecule has 0 unspecified atom stereocenters. The zero-order chi connectivity index (χ0) is 17.1. The van der Waals surface area contributed by atoms with E-state index in [1.165, 1.54) is 18.2 Å². The van der Waals surface area contributed by atoms with Gasteiger partial charge in [0.15, 0.2) is 6.10 Å². The van der Waals surface area contributed by atoms with E-state index in [0.717, 1.165) is 0 Å². The van der Waals surface area contributed by atoms with Crippen molar-refractivity contribution in [2.45, 2.75) is 19.4 Å². The summed E-state index contributed by atoms with van der Waals surface area (Å²) < 4.78 is 18.7. The van der Waals surface area contributed by atoms with Crippen molar-refractivity contribution in [2.75, 3.05) is 16.8 Å². The molecule has 24 heavy (non-hydrogen) atoms. The van der Waals surface area contributed by atoms with Crippen LogP contribution in [-0.2, 0) is 9.59 Å². The maximum Gasteiger partial charge on any atom is 0.267 e. The number of para-hydroxylation sites is 2. The van der Waals surface area contributed by atoms with Gasteiger partial charge < -0.3 is 15.0 Å². The fraction of sp³-hybridized carbons (Fsp3) is 0.222. The summed E-state index contributed by atoms with van der Waals surface area (Å²) in [6.45, 7) is 1.91. The summed E-state index contributed by atoms with van der Waals surface area (Å²) in [5.74, 6) is -0.272.